The minimum atomic E-state index is -3.75. The molecule has 0 fully saturated rings. The molecule has 21 heavy (non-hydrogen) atoms. The molecular formula is C14H17N3O3S. The van der Waals surface area contributed by atoms with Gasteiger partial charge in [-0.25, -0.2) is 13.4 Å². The van der Waals surface area contributed by atoms with E-state index in [0.717, 1.165) is 11.1 Å². The van der Waals surface area contributed by atoms with Crippen LogP contribution in [0.2, 0.25) is 0 Å². The summed E-state index contributed by atoms with van der Waals surface area (Å²) in [5.41, 5.74) is 1.79. The van der Waals surface area contributed by atoms with Crippen LogP contribution in [0.25, 0.3) is 0 Å². The van der Waals surface area contributed by atoms with E-state index in [-0.39, 0.29) is 5.03 Å². The van der Waals surface area contributed by atoms with E-state index in [1.807, 2.05) is 31.2 Å². The van der Waals surface area contributed by atoms with E-state index in [2.05, 4.69) is 9.71 Å². The van der Waals surface area contributed by atoms with Crippen molar-refractivity contribution in [2.75, 3.05) is 0 Å². The van der Waals surface area contributed by atoms with Gasteiger partial charge in [-0.2, -0.15) is 4.72 Å². The second kappa shape index (κ2) is 5.25. The topological polar surface area (TPSA) is 84.2 Å². The standard InChI is InChI=1S/C14H17N3O3S/c1-2-17-8-13(15-9-17)21(19,20)16-14-11-6-4-3-5-10(11)7-12(14)18/h3-6,8-9,12,14,16,18H,2,7H2,1H3. The normalized spacial score (nSPS) is 21.4. The minimum absolute atomic E-state index is 0.0269. The monoisotopic (exact) mass is 307 g/mol. The maximum Gasteiger partial charge on any atom is 0.260 e. The third-order valence-corrected chi connectivity index (χ3v) is 5.06. The van der Waals surface area contributed by atoms with Crippen LogP contribution in [0.1, 0.15) is 24.1 Å². The minimum Gasteiger partial charge on any atom is -0.391 e. The lowest BCUT2D eigenvalue weighted by Gasteiger charge is -2.17. The van der Waals surface area contributed by atoms with Gasteiger partial charge in [-0.1, -0.05) is 24.3 Å². The predicted molar refractivity (Wildman–Crippen MR) is 77.1 cm³/mol. The van der Waals surface area contributed by atoms with Crippen molar-refractivity contribution in [3.63, 3.8) is 0 Å². The van der Waals surface area contributed by atoms with E-state index >= 15 is 0 Å². The van der Waals surface area contributed by atoms with Crippen LogP contribution in [-0.2, 0) is 23.0 Å². The number of benzene rings is 1. The molecule has 0 saturated carbocycles. The Hall–Kier alpha value is -1.70. The molecule has 2 unspecified atom stereocenters. The van der Waals surface area contributed by atoms with Crippen molar-refractivity contribution >= 4 is 10.0 Å². The first-order chi connectivity index (χ1) is 10.0. The third kappa shape index (κ3) is 2.59. The first kappa shape index (κ1) is 14.2. The summed E-state index contributed by atoms with van der Waals surface area (Å²) in [5.74, 6) is 0. The molecule has 0 spiro atoms. The number of nitrogens with one attached hydrogen (secondary N) is 1. The fraction of sp³-hybridized carbons (Fsp3) is 0.357. The Morgan fingerprint density at radius 2 is 2.19 bits per heavy atom. The van der Waals surface area contributed by atoms with Gasteiger partial charge in [0.2, 0.25) is 0 Å². The Morgan fingerprint density at radius 3 is 2.90 bits per heavy atom. The zero-order valence-corrected chi connectivity index (χ0v) is 12.4. The number of sulfonamides is 1. The van der Waals surface area contributed by atoms with Gasteiger partial charge in [-0.15, -0.1) is 0 Å². The maximum atomic E-state index is 12.4. The number of aryl methyl sites for hydroxylation is 1. The number of rotatable bonds is 4. The van der Waals surface area contributed by atoms with Crippen LogP contribution in [0.3, 0.4) is 0 Å². The van der Waals surface area contributed by atoms with Gasteiger partial charge in [0.1, 0.15) is 0 Å². The first-order valence-corrected chi connectivity index (χ1v) is 8.29. The fourth-order valence-corrected chi connectivity index (χ4v) is 3.79. The van der Waals surface area contributed by atoms with Crippen molar-refractivity contribution in [3.05, 3.63) is 47.9 Å². The second-order valence-corrected chi connectivity index (χ2v) is 6.77. The molecule has 0 bridgehead atoms. The van der Waals surface area contributed by atoms with Crippen molar-refractivity contribution in [3.8, 4) is 0 Å². The zero-order valence-electron chi connectivity index (χ0n) is 11.6. The Balaban J connectivity index is 1.89. The van der Waals surface area contributed by atoms with Gasteiger partial charge in [0.15, 0.2) is 5.03 Å². The average Bonchev–Trinajstić information content (AvgIpc) is 3.05. The van der Waals surface area contributed by atoms with Crippen LogP contribution < -0.4 is 4.72 Å². The number of hydrogen-bond donors (Lipinski definition) is 2. The van der Waals surface area contributed by atoms with Gasteiger partial charge in [0.25, 0.3) is 10.0 Å². The maximum absolute atomic E-state index is 12.4. The van der Waals surface area contributed by atoms with Gasteiger partial charge in [-0.3, -0.25) is 0 Å². The highest BCUT2D eigenvalue weighted by Crippen LogP contribution is 2.32. The van der Waals surface area contributed by atoms with Crippen LogP contribution in [0.4, 0.5) is 0 Å². The largest absolute Gasteiger partial charge is 0.391 e. The van der Waals surface area contributed by atoms with Gasteiger partial charge in [0, 0.05) is 19.2 Å². The lowest BCUT2D eigenvalue weighted by Crippen LogP contribution is -2.34. The second-order valence-electron chi connectivity index (χ2n) is 5.11. The highest BCUT2D eigenvalue weighted by molar-refractivity contribution is 7.89. The first-order valence-electron chi connectivity index (χ1n) is 6.81. The number of aliphatic hydroxyl groups excluding tert-OH is 1. The van der Waals surface area contributed by atoms with E-state index in [1.165, 1.54) is 12.5 Å². The van der Waals surface area contributed by atoms with Crippen molar-refractivity contribution in [1.29, 1.82) is 0 Å². The number of aromatic nitrogens is 2. The van der Waals surface area contributed by atoms with Crippen LogP contribution >= 0.6 is 0 Å². The molecular weight excluding hydrogens is 290 g/mol. The molecule has 0 radical (unpaired) electrons. The molecule has 2 aromatic rings. The van der Waals surface area contributed by atoms with E-state index in [1.54, 1.807) is 4.57 Å². The summed E-state index contributed by atoms with van der Waals surface area (Å²) in [6, 6.07) is 6.83. The van der Waals surface area contributed by atoms with Gasteiger partial charge in [0.05, 0.1) is 18.5 Å². The molecule has 0 saturated heterocycles. The summed E-state index contributed by atoms with van der Waals surface area (Å²) in [5, 5.41) is 10.1. The van der Waals surface area contributed by atoms with E-state index in [9.17, 15) is 13.5 Å². The number of fused-ring (bicyclic) bond motifs is 1. The summed E-state index contributed by atoms with van der Waals surface area (Å²) in [4.78, 5) is 3.91. The summed E-state index contributed by atoms with van der Waals surface area (Å²) < 4.78 is 29.0. The van der Waals surface area contributed by atoms with E-state index in [0.29, 0.717) is 13.0 Å². The average molecular weight is 307 g/mol. The molecule has 1 aromatic heterocycles. The molecule has 6 nitrogen and oxygen atoms in total. The molecule has 0 amide bonds. The molecule has 1 aliphatic rings. The molecule has 2 atom stereocenters. The zero-order chi connectivity index (χ0) is 15.0. The van der Waals surface area contributed by atoms with Crippen LogP contribution in [-0.4, -0.2) is 29.2 Å². The molecule has 0 aliphatic heterocycles. The van der Waals surface area contributed by atoms with E-state index < -0.39 is 22.2 Å². The quantitative estimate of drug-likeness (QED) is 0.876. The number of hydrogen-bond acceptors (Lipinski definition) is 4. The third-order valence-electron chi connectivity index (χ3n) is 3.74. The van der Waals surface area contributed by atoms with Crippen LogP contribution in [0, 0.1) is 0 Å². The van der Waals surface area contributed by atoms with Gasteiger partial charge >= 0.3 is 0 Å². The van der Waals surface area contributed by atoms with Crippen molar-refractivity contribution < 1.29 is 13.5 Å². The lowest BCUT2D eigenvalue weighted by molar-refractivity contribution is 0.151. The summed E-state index contributed by atoms with van der Waals surface area (Å²) in [7, 11) is -3.75. The number of nitrogens with zero attached hydrogens (tertiary/aromatic N) is 2. The fourth-order valence-electron chi connectivity index (χ4n) is 2.59. The molecule has 7 heteroatoms. The SMILES string of the molecule is CCn1cnc(S(=O)(=O)NC2c3ccccc3CC2O)c1. The van der Waals surface area contributed by atoms with Crippen molar-refractivity contribution in [1.82, 2.24) is 14.3 Å². The Labute approximate surface area is 123 Å². The van der Waals surface area contributed by atoms with Crippen LogP contribution in [0.5, 0.6) is 0 Å². The van der Waals surface area contributed by atoms with Crippen molar-refractivity contribution in [2.45, 2.75) is 37.1 Å². The molecule has 1 heterocycles. The molecule has 2 N–H and O–H groups in total. The number of aliphatic hydroxyl groups is 1. The lowest BCUT2D eigenvalue weighted by atomic mass is 10.1. The molecule has 112 valence electrons. The van der Waals surface area contributed by atoms with Gasteiger partial charge in [-0.05, 0) is 18.1 Å². The highest BCUT2D eigenvalue weighted by Gasteiger charge is 2.34. The van der Waals surface area contributed by atoms with Crippen LogP contribution in [0.15, 0.2) is 41.8 Å². The van der Waals surface area contributed by atoms with Crippen molar-refractivity contribution in [2.24, 2.45) is 0 Å². The Bertz CT molecular complexity index is 754. The Morgan fingerprint density at radius 1 is 1.43 bits per heavy atom. The Kier molecular flexibility index (Phi) is 3.56. The smallest absolute Gasteiger partial charge is 0.260 e. The molecule has 1 aromatic carbocycles. The highest BCUT2D eigenvalue weighted by atomic mass is 32.2. The molecule has 3 rings (SSSR count). The van der Waals surface area contributed by atoms with Gasteiger partial charge < -0.3 is 9.67 Å². The number of imidazole rings is 1. The predicted octanol–water partition coefficient (Wildman–Crippen LogP) is 0.840. The summed E-state index contributed by atoms with van der Waals surface area (Å²) in [6.45, 7) is 2.56. The summed E-state index contributed by atoms with van der Waals surface area (Å²) >= 11 is 0. The summed E-state index contributed by atoms with van der Waals surface area (Å²) in [6.07, 6.45) is 2.65. The van der Waals surface area contributed by atoms with E-state index in [4.69, 9.17) is 0 Å². The molecule has 1 aliphatic carbocycles.